The molecule has 2 rings (SSSR count). The number of nitrogens with one attached hydrogen (secondary N) is 2. The average molecular weight is 329 g/mol. The van der Waals surface area contributed by atoms with Crippen molar-refractivity contribution in [3.8, 4) is 0 Å². The number of sulfonamides is 1. The van der Waals surface area contributed by atoms with Crippen molar-refractivity contribution in [3.05, 3.63) is 47.0 Å². The van der Waals surface area contributed by atoms with Crippen LogP contribution < -0.4 is 10.5 Å². The van der Waals surface area contributed by atoms with Crippen LogP contribution in [0.3, 0.4) is 0 Å². The summed E-state index contributed by atoms with van der Waals surface area (Å²) in [6.45, 7) is 2.14. The molecule has 0 aliphatic rings. The number of hydrogen-bond donors (Lipinski definition) is 3. The Morgan fingerprint density at radius 2 is 2.24 bits per heavy atom. The van der Waals surface area contributed by atoms with Crippen molar-refractivity contribution < 1.29 is 8.42 Å². The summed E-state index contributed by atoms with van der Waals surface area (Å²) >= 11 is 6.01. The number of nitrogens with zero attached hydrogens (tertiary/aromatic N) is 1. The molecule has 0 fully saturated rings. The fourth-order valence-corrected chi connectivity index (χ4v) is 3.55. The number of rotatable bonds is 6. The van der Waals surface area contributed by atoms with Crippen LogP contribution in [0.5, 0.6) is 0 Å². The Morgan fingerprint density at radius 3 is 2.76 bits per heavy atom. The number of nitrogens with two attached hydrogens (primary N) is 1. The van der Waals surface area contributed by atoms with Gasteiger partial charge in [0.1, 0.15) is 5.82 Å². The van der Waals surface area contributed by atoms with E-state index in [2.05, 4.69) is 14.7 Å². The van der Waals surface area contributed by atoms with E-state index >= 15 is 0 Å². The van der Waals surface area contributed by atoms with Gasteiger partial charge in [-0.2, -0.15) is 0 Å². The lowest BCUT2D eigenvalue weighted by atomic mass is 10.2. The Labute approximate surface area is 128 Å². The van der Waals surface area contributed by atoms with Gasteiger partial charge in [-0.25, -0.2) is 18.1 Å². The molecule has 0 radical (unpaired) electrons. The van der Waals surface area contributed by atoms with Gasteiger partial charge in [-0.3, -0.25) is 0 Å². The number of hydrogen-bond acceptors (Lipinski definition) is 4. The summed E-state index contributed by atoms with van der Waals surface area (Å²) in [5.41, 5.74) is 6.22. The van der Waals surface area contributed by atoms with Crippen molar-refractivity contribution in [2.45, 2.75) is 30.8 Å². The molecular formula is C13H17ClN4O2S. The number of imidazole rings is 1. The molecule has 2 aromatic rings. The molecule has 1 atom stereocenters. The lowest BCUT2D eigenvalue weighted by Gasteiger charge is -2.15. The molecule has 6 nitrogen and oxygen atoms in total. The van der Waals surface area contributed by atoms with E-state index in [1.807, 2.05) is 6.92 Å². The Balaban J connectivity index is 2.27. The monoisotopic (exact) mass is 328 g/mol. The molecule has 1 unspecified atom stereocenters. The van der Waals surface area contributed by atoms with Crippen molar-refractivity contribution in [1.29, 1.82) is 0 Å². The first-order chi connectivity index (χ1) is 9.97. The zero-order valence-electron chi connectivity index (χ0n) is 11.5. The van der Waals surface area contributed by atoms with Crippen molar-refractivity contribution >= 4 is 21.6 Å². The number of halogens is 1. The van der Waals surface area contributed by atoms with E-state index in [4.69, 9.17) is 17.3 Å². The van der Waals surface area contributed by atoms with Crippen LogP contribution in [0.25, 0.3) is 0 Å². The maximum absolute atomic E-state index is 12.4. The Hall–Kier alpha value is -1.41. The van der Waals surface area contributed by atoms with Crippen LogP contribution in [-0.4, -0.2) is 18.4 Å². The van der Waals surface area contributed by atoms with Crippen LogP contribution in [0.1, 0.15) is 30.8 Å². The highest BCUT2D eigenvalue weighted by atomic mass is 35.5. The first kappa shape index (κ1) is 16.0. The second-order valence-corrected chi connectivity index (χ2v) is 6.64. The summed E-state index contributed by atoms with van der Waals surface area (Å²) in [4.78, 5) is 7.10. The van der Waals surface area contributed by atoms with E-state index in [0.717, 1.165) is 0 Å². The smallest absolute Gasteiger partial charge is 0.241 e. The number of aromatic amines is 1. The Kier molecular flexibility index (Phi) is 5.00. The molecule has 0 aliphatic carbocycles. The quantitative estimate of drug-likeness (QED) is 0.754. The third-order valence-electron chi connectivity index (χ3n) is 3.11. The minimum Gasteiger partial charge on any atom is -0.347 e. The normalized spacial score (nSPS) is 13.3. The molecule has 0 bridgehead atoms. The van der Waals surface area contributed by atoms with Gasteiger partial charge in [-0.15, -0.1) is 0 Å². The molecule has 4 N–H and O–H groups in total. The molecule has 0 amide bonds. The van der Waals surface area contributed by atoms with Gasteiger partial charge in [0.05, 0.1) is 10.9 Å². The van der Waals surface area contributed by atoms with Crippen molar-refractivity contribution in [3.63, 3.8) is 0 Å². The van der Waals surface area contributed by atoms with Crippen LogP contribution in [0.15, 0.2) is 35.5 Å². The van der Waals surface area contributed by atoms with Gasteiger partial charge in [-0.05, 0) is 24.1 Å². The average Bonchev–Trinajstić information content (AvgIpc) is 2.98. The van der Waals surface area contributed by atoms with Gasteiger partial charge in [0.2, 0.25) is 10.0 Å². The van der Waals surface area contributed by atoms with E-state index in [-0.39, 0.29) is 11.4 Å². The highest BCUT2D eigenvalue weighted by molar-refractivity contribution is 7.89. The first-order valence-electron chi connectivity index (χ1n) is 6.48. The van der Waals surface area contributed by atoms with Crippen molar-refractivity contribution in [2.75, 3.05) is 0 Å². The first-order valence-corrected chi connectivity index (χ1v) is 8.34. The largest absolute Gasteiger partial charge is 0.347 e. The Morgan fingerprint density at radius 1 is 1.48 bits per heavy atom. The predicted molar refractivity (Wildman–Crippen MR) is 81.3 cm³/mol. The van der Waals surface area contributed by atoms with Gasteiger partial charge in [0.25, 0.3) is 0 Å². The van der Waals surface area contributed by atoms with E-state index in [0.29, 0.717) is 22.8 Å². The number of H-pyrrole nitrogens is 1. The Bertz CT molecular complexity index is 701. The van der Waals surface area contributed by atoms with Crippen LogP contribution in [0.2, 0.25) is 5.02 Å². The summed E-state index contributed by atoms with van der Waals surface area (Å²) in [5.74, 6) is 0.575. The van der Waals surface area contributed by atoms with Gasteiger partial charge in [-0.1, -0.05) is 24.6 Å². The van der Waals surface area contributed by atoms with E-state index in [9.17, 15) is 8.42 Å². The zero-order chi connectivity index (χ0) is 15.5. The fourth-order valence-electron chi connectivity index (χ4n) is 1.92. The standard InChI is InChI=1S/C13H17ClN4O2S/c1-2-12(13-16-5-6-17-13)18-21(19,20)10-4-3-9(8-15)11(14)7-10/h3-7,12,18H,2,8,15H2,1H3,(H,16,17). The van der Waals surface area contributed by atoms with Crippen molar-refractivity contribution in [2.24, 2.45) is 5.73 Å². The van der Waals surface area contributed by atoms with Crippen LogP contribution in [0.4, 0.5) is 0 Å². The number of benzene rings is 1. The van der Waals surface area contributed by atoms with Gasteiger partial charge in [0.15, 0.2) is 0 Å². The summed E-state index contributed by atoms with van der Waals surface area (Å²) in [7, 11) is -3.68. The summed E-state index contributed by atoms with van der Waals surface area (Å²) < 4.78 is 27.4. The molecule has 114 valence electrons. The molecule has 8 heteroatoms. The second kappa shape index (κ2) is 6.57. The summed E-state index contributed by atoms with van der Waals surface area (Å²) in [6.07, 6.45) is 3.81. The fraction of sp³-hybridized carbons (Fsp3) is 0.308. The molecule has 21 heavy (non-hydrogen) atoms. The SMILES string of the molecule is CCC(NS(=O)(=O)c1ccc(CN)c(Cl)c1)c1ncc[nH]1. The lowest BCUT2D eigenvalue weighted by molar-refractivity contribution is 0.539. The zero-order valence-corrected chi connectivity index (χ0v) is 13.1. The predicted octanol–water partition coefficient (Wildman–Crippen LogP) is 1.95. The van der Waals surface area contributed by atoms with Crippen LogP contribution in [0, 0.1) is 0 Å². The molecular weight excluding hydrogens is 312 g/mol. The lowest BCUT2D eigenvalue weighted by Crippen LogP contribution is -2.29. The molecule has 1 heterocycles. The topological polar surface area (TPSA) is 101 Å². The maximum Gasteiger partial charge on any atom is 0.241 e. The van der Waals surface area contributed by atoms with Gasteiger partial charge >= 0.3 is 0 Å². The highest BCUT2D eigenvalue weighted by Crippen LogP contribution is 2.22. The molecule has 0 aliphatic heterocycles. The van der Waals surface area contributed by atoms with E-state index in [1.165, 1.54) is 12.1 Å². The molecule has 0 saturated carbocycles. The van der Waals surface area contributed by atoms with Crippen molar-refractivity contribution in [1.82, 2.24) is 14.7 Å². The van der Waals surface area contributed by atoms with Gasteiger partial charge in [0, 0.05) is 24.0 Å². The molecule has 0 saturated heterocycles. The summed E-state index contributed by atoms with van der Waals surface area (Å²) in [6, 6.07) is 4.09. The maximum atomic E-state index is 12.4. The third-order valence-corrected chi connectivity index (χ3v) is 4.93. The minimum absolute atomic E-state index is 0.106. The molecule has 1 aromatic heterocycles. The van der Waals surface area contributed by atoms with E-state index < -0.39 is 16.1 Å². The van der Waals surface area contributed by atoms with Crippen LogP contribution >= 0.6 is 11.6 Å². The summed E-state index contributed by atoms with van der Waals surface area (Å²) in [5, 5.41) is 0.339. The third kappa shape index (κ3) is 3.62. The second-order valence-electron chi connectivity index (χ2n) is 4.51. The highest BCUT2D eigenvalue weighted by Gasteiger charge is 2.22. The number of aromatic nitrogens is 2. The minimum atomic E-state index is -3.68. The molecule has 1 aromatic carbocycles. The van der Waals surface area contributed by atoms with Crippen LogP contribution in [-0.2, 0) is 16.6 Å². The van der Waals surface area contributed by atoms with Gasteiger partial charge < -0.3 is 10.7 Å². The molecule has 0 spiro atoms. The van der Waals surface area contributed by atoms with E-state index in [1.54, 1.807) is 18.5 Å².